The molecule has 0 N–H and O–H groups in total. The Hall–Kier alpha value is -2.94. The normalized spacial score (nSPS) is 20.9. The second-order valence-corrected chi connectivity index (χ2v) is 9.11. The van der Waals surface area contributed by atoms with Crippen LogP contribution in [0.3, 0.4) is 0 Å². The number of piperidine rings is 1. The maximum Gasteiger partial charge on any atom is 0.225 e. The number of ether oxygens (including phenoxy) is 2. The van der Waals surface area contributed by atoms with Gasteiger partial charge in [-0.3, -0.25) is 9.59 Å². The van der Waals surface area contributed by atoms with Gasteiger partial charge >= 0.3 is 0 Å². The van der Waals surface area contributed by atoms with Gasteiger partial charge < -0.3 is 23.8 Å². The largest absolute Gasteiger partial charge is 0.490 e. The number of amides is 2. The van der Waals surface area contributed by atoms with Crippen molar-refractivity contribution >= 4 is 11.8 Å². The summed E-state index contributed by atoms with van der Waals surface area (Å²) >= 11 is 0. The van der Waals surface area contributed by atoms with Gasteiger partial charge in [-0.05, 0) is 49.9 Å². The monoisotopic (exact) mass is 472 g/mol. The molecule has 0 radical (unpaired) electrons. The van der Waals surface area contributed by atoms with Gasteiger partial charge in [-0.25, -0.2) is 9.37 Å². The molecular formula is C25H33FN4O4. The number of carbonyl (C=O) groups excluding carboxylic acids is 2. The minimum atomic E-state index is -0.943. The number of hydrogen-bond acceptors (Lipinski definition) is 5. The first kappa shape index (κ1) is 24.2. The lowest BCUT2D eigenvalue weighted by atomic mass is 9.96. The second-order valence-electron chi connectivity index (χ2n) is 9.11. The maximum atomic E-state index is 13.3. The van der Waals surface area contributed by atoms with Crippen LogP contribution in [0.15, 0.2) is 43.0 Å². The lowest BCUT2D eigenvalue weighted by Crippen LogP contribution is -2.58. The minimum Gasteiger partial charge on any atom is -0.490 e. The molecule has 0 aliphatic carbocycles. The molecule has 3 heterocycles. The van der Waals surface area contributed by atoms with Gasteiger partial charge in [0.15, 0.2) is 0 Å². The number of benzene rings is 1. The fourth-order valence-electron chi connectivity index (χ4n) is 4.57. The molecule has 1 aromatic carbocycles. The van der Waals surface area contributed by atoms with Crippen LogP contribution >= 0.6 is 0 Å². The number of hydrogen-bond donors (Lipinski definition) is 0. The molecule has 2 saturated heterocycles. The molecule has 2 fully saturated rings. The number of morpholine rings is 1. The third-order valence-corrected chi connectivity index (χ3v) is 6.47. The third-order valence-electron chi connectivity index (χ3n) is 6.47. The predicted octanol–water partition coefficient (Wildman–Crippen LogP) is 2.88. The van der Waals surface area contributed by atoms with Crippen molar-refractivity contribution in [1.29, 1.82) is 0 Å². The number of imidazole rings is 1. The van der Waals surface area contributed by atoms with Crippen LogP contribution in [-0.4, -0.2) is 76.2 Å². The summed E-state index contributed by atoms with van der Waals surface area (Å²) in [5.41, 5.74) is -0.943. The molecule has 0 bridgehead atoms. The first-order chi connectivity index (χ1) is 16.5. The third kappa shape index (κ3) is 6.56. The fourth-order valence-corrected chi connectivity index (χ4v) is 4.57. The van der Waals surface area contributed by atoms with Crippen molar-refractivity contribution < 1.29 is 23.5 Å². The molecule has 0 spiro atoms. The number of aryl methyl sites for hydroxylation is 1. The van der Waals surface area contributed by atoms with E-state index in [1.807, 2.05) is 15.7 Å². The van der Waals surface area contributed by atoms with Crippen LogP contribution in [0.1, 0.15) is 38.5 Å². The smallest absolute Gasteiger partial charge is 0.225 e. The van der Waals surface area contributed by atoms with E-state index in [1.165, 1.54) is 12.1 Å². The molecule has 9 heteroatoms. The van der Waals surface area contributed by atoms with Crippen molar-refractivity contribution in [3.05, 3.63) is 48.8 Å². The molecule has 2 aromatic rings. The molecular weight excluding hydrogens is 439 g/mol. The first-order valence-corrected chi connectivity index (χ1v) is 12.1. The van der Waals surface area contributed by atoms with Crippen molar-refractivity contribution in [2.24, 2.45) is 0 Å². The fraction of sp³-hybridized carbons (Fsp3) is 0.560. The second kappa shape index (κ2) is 11.5. The highest BCUT2D eigenvalue weighted by atomic mass is 19.1. The Morgan fingerprint density at radius 3 is 2.59 bits per heavy atom. The Labute approximate surface area is 199 Å². The van der Waals surface area contributed by atoms with Gasteiger partial charge in [-0.1, -0.05) is 0 Å². The summed E-state index contributed by atoms with van der Waals surface area (Å²) in [5, 5.41) is 0. The van der Waals surface area contributed by atoms with E-state index in [0.29, 0.717) is 31.7 Å². The van der Waals surface area contributed by atoms with Gasteiger partial charge in [-0.15, -0.1) is 0 Å². The number of aromatic nitrogens is 2. The topological polar surface area (TPSA) is 76.9 Å². The zero-order valence-corrected chi connectivity index (χ0v) is 19.5. The molecule has 34 heavy (non-hydrogen) atoms. The summed E-state index contributed by atoms with van der Waals surface area (Å²) in [6, 6.07) is 5.77. The molecule has 2 aliphatic heterocycles. The van der Waals surface area contributed by atoms with Gasteiger partial charge in [-0.2, -0.15) is 0 Å². The molecule has 0 saturated carbocycles. The Kier molecular flexibility index (Phi) is 8.16. The van der Waals surface area contributed by atoms with Crippen LogP contribution in [0, 0.1) is 5.82 Å². The molecule has 184 valence electrons. The summed E-state index contributed by atoms with van der Waals surface area (Å²) in [6.45, 7) is 3.46. The summed E-state index contributed by atoms with van der Waals surface area (Å²) in [4.78, 5) is 33.8. The van der Waals surface area contributed by atoms with Crippen molar-refractivity contribution in [3.8, 4) is 5.75 Å². The SMILES string of the molecule is O=C(CC1(COc2ccc(F)cc2)CN(C(=O)CCCn2ccnc2)CCO1)N1CCCCC1. The van der Waals surface area contributed by atoms with Gasteiger partial charge in [0.2, 0.25) is 11.8 Å². The Balaban J connectivity index is 1.41. The summed E-state index contributed by atoms with van der Waals surface area (Å²) < 4.78 is 27.3. The molecule has 8 nitrogen and oxygen atoms in total. The van der Waals surface area contributed by atoms with Crippen LogP contribution in [0.5, 0.6) is 5.75 Å². The Morgan fingerprint density at radius 2 is 1.85 bits per heavy atom. The van der Waals surface area contributed by atoms with Crippen LogP contribution in [-0.2, 0) is 20.9 Å². The van der Waals surface area contributed by atoms with E-state index in [2.05, 4.69) is 4.98 Å². The minimum absolute atomic E-state index is 0.0248. The van der Waals surface area contributed by atoms with Gasteiger partial charge in [0, 0.05) is 45.0 Å². The zero-order chi connectivity index (χ0) is 23.8. The van der Waals surface area contributed by atoms with Crippen molar-refractivity contribution in [1.82, 2.24) is 19.4 Å². The summed E-state index contributed by atoms with van der Waals surface area (Å²) in [5.74, 6) is 0.221. The van der Waals surface area contributed by atoms with Crippen molar-refractivity contribution in [2.45, 2.75) is 50.7 Å². The van der Waals surface area contributed by atoms with E-state index >= 15 is 0 Å². The number of likely N-dealkylation sites (tertiary alicyclic amines) is 1. The quantitative estimate of drug-likeness (QED) is 0.561. The van der Waals surface area contributed by atoms with Gasteiger partial charge in [0.05, 0.1) is 25.9 Å². The summed E-state index contributed by atoms with van der Waals surface area (Å²) in [7, 11) is 0. The highest BCUT2D eigenvalue weighted by Crippen LogP contribution is 2.27. The average molecular weight is 473 g/mol. The van der Waals surface area contributed by atoms with E-state index in [0.717, 1.165) is 38.9 Å². The van der Waals surface area contributed by atoms with Crippen LogP contribution < -0.4 is 4.74 Å². The van der Waals surface area contributed by atoms with Crippen LogP contribution in [0.2, 0.25) is 0 Å². The Bertz CT molecular complexity index is 931. The van der Waals surface area contributed by atoms with Crippen molar-refractivity contribution in [2.75, 3.05) is 39.4 Å². The predicted molar refractivity (Wildman–Crippen MR) is 124 cm³/mol. The highest BCUT2D eigenvalue weighted by molar-refractivity contribution is 5.79. The maximum absolute atomic E-state index is 13.3. The molecule has 1 unspecified atom stereocenters. The van der Waals surface area contributed by atoms with Gasteiger partial charge in [0.25, 0.3) is 0 Å². The van der Waals surface area contributed by atoms with Crippen molar-refractivity contribution in [3.63, 3.8) is 0 Å². The average Bonchev–Trinajstić information content (AvgIpc) is 3.38. The molecule has 1 atom stereocenters. The molecule has 2 aliphatic rings. The lowest BCUT2D eigenvalue weighted by Gasteiger charge is -2.43. The van der Waals surface area contributed by atoms with Crippen LogP contribution in [0.4, 0.5) is 4.39 Å². The highest BCUT2D eigenvalue weighted by Gasteiger charge is 2.42. The number of carbonyl (C=O) groups is 2. The number of nitrogens with zero attached hydrogens (tertiary/aromatic N) is 4. The lowest BCUT2D eigenvalue weighted by molar-refractivity contribution is -0.166. The van der Waals surface area contributed by atoms with E-state index in [9.17, 15) is 14.0 Å². The molecule has 2 amide bonds. The summed E-state index contributed by atoms with van der Waals surface area (Å²) in [6.07, 6.45) is 9.75. The van der Waals surface area contributed by atoms with Gasteiger partial charge in [0.1, 0.15) is 23.8 Å². The zero-order valence-electron chi connectivity index (χ0n) is 19.5. The van der Waals surface area contributed by atoms with E-state index in [4.69, 9.17) is 9.47 Å². The first-order valence-electron chi connectivity index (χ1n) is 12.1. The standard InChI is InChI=1S/C25H33FN4O4/c26-21-6-8-22(9-7-21)33-19-25(17-24(32)29-12-2-1-3-13-29)18-30(15-16-34-25)23(31)5-4-11-28-14-10-27-20-28/h6-10,14,20H,1-5,11-13,15-19H2. The molecule has 4 rings (SSSR count). The van der Waals surface area contributed by atoms with Crippen LogP contribution in [0.25, 0.3) is 0 Å². The van der Waals surface area contributed by atoms with E-state index < -0.39 is 5.60 Å². The van der Waals surface area contributed by atoms with E-state index in [-0.39, 0.29) is 37.2 Å². The number of halogens is 1. The number of rotatable bonds is 9. The molecule has 1 aromatic heterocycles. The Morgan fingerprint density at radius 1 is 1.06 bits per heavy atom. The van der Waals surface area contributed by atoms with E-state index in [1.54, 1.807) is 29.6 Å².